The lowest BCUT2D eigenvalue weighted by Gasteiger charge is -2.60. The van der Waals surface area contributed by atoms with Crippen LogP contribution in [0.5, 0.6) is 28.7 Å². The van der Waals surface area contributed by atoms with Gasteiger partial charge in [-0.15, -0.1) is 6.58 Å². The molecule has 0 spiro atoms. The van der Waals surface area contributed by atoms with Crippen molar-refractivity contribution in [3.05, 3.63) is 138 Å². The van der Waals surface area contributed by atoms with Crippen LogP contribution in [0.3, 0.4) is 0 Å². The third-order valence-electron chi connectivity index (χ3n) is 15.1. The largest absolute Gasteiger partial charge is 0.459 e. The quantitative estimate of drug-likeness (QED) is 0.0224. The molecule has 12 nitrogen and oxygen atoms in total. The van der Waals surface area contributed by atoms with Crippen molar-refractivity contribution in [3.63, 3.8) is 0 Å². The van der Waals surface area contributed by atoms with Crippen molar-refractivity contribution >= 4 is 17.9 Å². The van der Waals surface area contributed by atoms with Crippen LogP contribution in [-0.2, 0) is 27.5 Å². The molecular weight excluding hydrogens is 921 g/mol. The molecule has 390 valence electrons. The van der Waals surface area contributed by atoms with Gasteiger partial charge >= 0.3 is 0 Å². The minimum absolute atomic E-state index is 0.00592. The topological polar surface area (TPSA) is 146 Å². The molecule has 0 bridgehead atoms. The van der Waals surface area contributed by atoms with Gasteiger partial charge in [0.25, 0.3) is 0 Å². The molecule has 12 heteroatoms. The second kappa shape index (κ2) is 26.8. The number of hydrogen-bond acceptors (Lipinski definition) is 11. The van der Waals surface area contributed by atoms with E-state index in [-0.39, 0.29) is 69.8 Å². The molecule has 2 heterocycles. The van der Waals surface area contributed by atoms with Crippen LogP contribution in [-0.4, -0.2) is 71.5 Å². The zero-order valence-electron chi connectivity index (χ0n) is 42.8. The molecule has 2 aliphatic carbocycles. The van der Waals surface area contributed by atoms with Crippen LogP contribution < -0.4 is 18.9 Å². The molecule has 1 saturated carbocycles. The number of benzene rings is 4. The number of unbranched alkanes of at least 4 members (excludes halogenated alkanes) is 10. The summed E-state index contributed by atoms with van der Waals surface area (Å²) in [4.78, 5) is 35.6. The van der Waals surface area contributed by atoms with Crippen LogP contribution in [0.15, 0.2) is 120 Å². The fourth-order valence-corrected chi connectivity index (χ4v) is 11.6. The fourth-order valence-electron chi connectivity index (χ4n) is 11.6. The summed E-state index contributed by atoms with van der Waals surface area (Å²) in [5, 5.41) is 25.3. The average molecular weight is 997 g/mol. The Balaban J connectivity index is 1.27. The first-order valence-electron chi connectivity index (χ1n) is 27.0. The molecule has 0 unspecified atom stereocenters. The second-order valence-corrected chi connectivity index (χ2v) is 20.1. The number of carbonyl (C=O) groups is 2. The van der Waals surface area contributed by atoms with Gasteiger partial charge in [-0.05, 0) is 103 Å². The number of allylic oxidation sites excluding steroid dienone is 1. The minimum atomic E-state index is -1.44. The van der Waals surface area contributed by atoms with Gasteiger partial charge in [0.2, 0.25) is 18.5 Å². The lowest BCUT2D eigenvalue weighted by molar-refractivity contribution is -0.258. The number of oxime groups is 1. The molecule has 4 aromatic rings. The molecule has 0 aromatic heterocycles. The van der Waals surface area contributed by atoms with Crippen molar-refractivity contribution in [3.8, 4) is 28.7 Å². The molecular formula is C61H76N2O10. The number of carbonyl (C=O) groups excluding carboxylic acids is 2. The standard InChI is InChI=1S/C61H76N2O10/c1-3-5-6-7-8-9-10-11-15-27-58(67)63(40-45-28-30-55-56(36-45)69-43-68-55)57-39-53(62-71-42-44-21-13-12-14-22-44)51-37-47(24-16-18-32-64)50(26-17-19-33-65)59-52-38-49(72-48-25-20-23-46(35-48)41-66)29-31-54(52)73-61(57,60(51)59)70-34-4-2/h4,12-14,20-23,25,28-31,35-38,41,47,50,57,59-60,64-65H,2-3,5-11,15-19,24,26-27,32-34,39-40,42-43H2,1H3/t47-,50+,57-,59+,60+,61+/m0/s1. The van der Waals surface area contributed by atoms with Crippen LogP contribution >= 0.6 is 0 Å². The highest BCUT2D eigenvalue weighted by atomic mass is 16.7. The van der Waals surface area contributed by atoms with Gasteiger partial charge < -0.3 is 43.6 Å². The van der Waals surface area contributed by atoms with Crippen molar-refractivity contribution in [2.75, 3.05) is 26.6 Å². The Labute approximate surface area is 432 Å². The van der Waals surface area contributed by atoms with Crippen molar-refractivity contribution in [2.24, 2.45) is 22.9 Å². The maximum absolute atomic E-state index is 15.4. The third kappa shape index (κ3) is 13.2. The Morgan fingerprint density at radius 3 is 2.30 bits per heavy atom. The van der Waals surface area contributed by atoms with E-state index in [1.54, 1.807) is 24.3 Å². The summed E-state index contributed by atoms with van der Waals surface area (Å²) in [6, 6.07) is 28.1. The lowest BCUT2D eigenvalue weighted by atomic mass is 9.55. The first kappa shape index (κ1) is 53.3. The first-order chi connectivity index (χ1) is 35.9. The van der Waals surface area contributed by atoms with Crippen LogP contribution in [0, 0.1) is 17.8 Å². The molecule has 2 aliphatic heterocycles. The zero-order valence-corrected chi connectivity index (χ0v) is 42.8. The summed E-state index contributed by atoms with van der Waals surface area (Å²) >= 11 is 0. The molecule has 1 amide bonds. The lowest BCUT2D eigenvalue weighted by Crippen LogP contribution is -2.70. The summed E-state index contributed by atoms with van der Waals surface area (Å²) in [5.74, 6) is 0.913. The molecule has 0 saturated heterocycles. The Hall–Kier alpha value is -5.95. The van der Waals surface area contributed by atoms with Crippen LogP contribution in [0.2, 0.25) is 0 Å². The SMILES string of the molecule is C=CCO[C@@]12Oc3ccc(Oc4cccc(C=O)c4)cc3[C@H]3[C@H](CCCCO)[C@@H](CCCCO)C=C(C(=NOCc4ccccc4)C[C@@H]1N(Cc1ccc4c(c1)OCO4)C(=O)CCCCCCCCCCC)[C@H]32. The van der Waals surface area contributed by atoms with E-state index in [2.05, 4.69) is 25.6 Å². The highest BCUT2D eigenvalue weighted by molar-refractivity contribution is 6.03. The minimum Gasteiger partial charge on any atom is -0.459 e. The van der Waals surface area contributed by atoms with E-state index in [1.807, 2.05) is 71.6 Å². The van der Waals surface area contributed by atoms with Crippen LogP contribution in [0.25, 0.3) is 0 Å². The van der Waals surface area contributed by atoms with Crippen molar-refractivity contribution in [1.29, 1.82) is 0 Å². The number of hydrogen-bond donors (Lipinski definition) is 2. The second-order valence-electron chi connectivity index (χ2n) is 20.1. The van der Waals surface area contributed by atoms with E-state index >= 15 is 4.79 Å². The van der Waals surface area contributed by atoms with Crippen molar-refractivity contribution in [2.45, 2.75) is 147 Å². The molecule has 0 radical (unpaired) electrons. The van der Waals surface area contributed by atoms with Gasteiger partial charge in [0.1, 0.15) is 36.2 Å². The van der Waals surface area contributed by atoms with E-state index in [0.717, 1.165) is 85.6 Å². The molecule has 8 rings (SSSR count). The predicted octanol–water partition coefficient (Wildman–Crippen LogP) is 12.8. The van der Waals surface area contributed by atoms with Gasteiger partial charge in [0, 0.05) is 49.6 Å². The molecule has 1 fully saturated rings. The summed E-state index contributed by atoms with van der Waals surface area (Å²) < 4.78 is 33.0. The molecule has 2 N–H and O–H groups in total. The van der Waals surface area contributed by atoms with Crippen LogP contribution in [0.4, 0.5) is 0 Å². The predicted molar refractivity (Wildman–Crippen MR) is 283 cm³/mol. The Morgan fingerprint density at radius 1 is 0.795 bits per heavy atom. The van der Waals surface area contributed by atoms with Gasteiger partial charge in [0.05, 0.1) is 18.2 Å². The van der Waals surface area contributed by atoms with Crippen molar-refractivity contribution in [1.82, 2.24) is 4.90 Å². The first-order valence-corrected chi connectivity index (χ1v) is 27.0. The smallest absolute Gasteiger partial charge is 0.239 e. The number of ether oxygens (including phenoxy) is 5. The van der Waals surface area contributed by atoms with Gasteiger partial charge in [-0.2, -0.15) is 0 Å². The van der Waals surface area contributed by atoms with Crippen LogP contribution in [0.1, 0.15) is 149 Å². The number of nitrogens with zero attached hydrogens (tertiary/aromatic N) is 2. The zero-order chi connectivity index (χ0) is 50.8. The maximum Gasteiger partial charge on any atom is 0.239 e. The summed E-state index contributed by atoms with van der Waals surface area (Å²) in [6.07, 6.45) is 20.2. The van der Waals surface area contributed by atoms with Crippen molar-refractivity contribution < 1.29 is 48.3 Å². The Bertz CT molecular complexity index is 2490. The summed E-state index contributed by atoms with van der Waals surface area (Å²) in [7, 11) is 0. The highest BCUT2D eigenvalue weighted by Crippen LogP contribution is 2.62. The van der Waals surface area contributed by atoms with Gasteiger partial charge in [-0.25, -0.2) is 0 Å². The summed E-state index contributed by atoms with van der Waals surface area (Å²) in [6.45, 7) is 7.32. The highest BCUT2D eigenvalue weighted by Gasteiger charge is 2.65. The monoisotopic (exact) mass is 997 g/mol. The third-order valence-corrected chi connectivity index (χ3v) is 15.1. The van der Waals surface area contributed by atoms with Gasteiger partial charge in [0.15, 0.2) is 11.5 Å². The van der Waals surface area contributed by atoms with E-state index in [0.29, 0.717) is 53.6 Å². The van der Waals surface area contributed by atoms with E-state index < -0.39 is 17.7 Å². The molecule has 73 heavy (non-hydrogen) atoms. The number of amides is 1. The normalized spacial score (nSPS) is 21.9. The van der Waals surface area contributed by atoms with E-state index in [4.69, 9.17) is 33.7 Å². The maximum atomic E-state index is 15.4. The molecule has 4 aliphatic rings. The molecule has 6 atom stereocenters. The number of aldehydes is 1. The Kier molecular flexibility index (Phi) is 19.6. The fraction of sp³-hybridized carbons (Fsp3) is 0.492. The van der Waals surface area contributed by atoms with Gasteiger partial charge in [-0.3, -0.25) is 9.59 Å². The van der Waals surface area contributed by atoms with Gasteiger partial charge in [-0.1, -0.05) is 137 Å². The average Bonchev–Trinajstić information content (AvgIpc) is 3.89. The number of fused-ring (bicyclic) bond motifs is 3. The van der Waals surface area contributed by atoms with E-state index in [9.17, 15) is 15.0 Å². The van der Waals surface area contributed by atoms with E-state index in [1.165, 1.54) is 32.1 Å². The molecule has 4 aromatic carbocycles. The number of aliphatic hydroxyl groups is 2. The Morgan fingerprint density at radius 2 is 1.53 bits per heavy atom. The number of rotatable bonds is 30. The number of aliphatic hydroxyl groups excluding tert-OH is 2. The summed E-state index contributed by atoms with van der Waals surface area (Å²) in [5.41, 5.74) is 4.98.